The van der Waals surface area contributed by atoms with Gasteiger partial charge in [0.25, 0.3) is 11.8 Å². The van der Waals surface area contributed by atoms with Crippen molar-refractivity contribution in [2.24, 2.45) is 0 Å². The number of aromatic hydroxyl groups is 1. The second-order valence-corrected chi connectivity index (χ2v) is 6.57. The molecule has 0 aliphatic carbocycles. The van der Waals surface area contributed by atoms with Gasteiger partial charge in [-0.05, 0) is 42.5 Å². The van der Waals surface area contributed by atoms with Crippen LogP contribution >= 0.6 is 27.5 Å². The van der Waals surface area contributed by atoms with Crippen LogP contribution in [-0.4, -0.2) is 16.9 Å². The van der Waals surface area contributed by atoms with E-state index in [1.54, 1.807) is 24.3 Å². The van der Waals surface area contributed by atoms with E-state index in [0.29, 0.717) is 10.2 Å². The first kappa shape index (κ1) is 18.0. The number of halogens is 2. The highest BCUT2D eigenvalue weighted by atomic mass is 79.9. The van der Waals surface area contributed by atoms with Crippen molar-refractivity contribution in [3.63, 3.8) is 0 Å². The van der Waals surface area contributed by atoms with Crippen LogP contribution in [0.15, 0.2) is 63.7 Å². The number of benzene rings is 2. The molecule has 8 heteroatoms. The third kappa shape index (κ3) is 4.07. The second kappa shape index (κ2) is 7.63. The molecule has 0 spiro atoms. The number of anilines is 2. The fraction of sp³-hybridized carbons (Fsp3) is 0. The topological polar surface area (TPSA) is 91.6 Å². The van der Waals surface area contributed by atoms with Crippen molar-refractivity contribution in [2.75, 3.05) is 10.6 Å². The van der Waals surface area contributed by atoms with E-state index in [1.807, 2.05) is 0 Å². The molecular formula is C18H12BrClN2O4. The second-order valence-electron chi connectivity index (χ2n) is 5.25. The van der Waals surface area contributed by atoms with Gasteiger partial charge in [0.1, 0.15) is 0 Å². The molecule has 26 heavy (non-hydrogen) atoms. The minimum atomic E-state index is -0.469. The first-order valence-corrected chi connectivity index (χ1v) is 8.55. The van der Waals surface area contributed by atoms with Gasteiger partial charge in [-0.25, -0.2) is 0 Å². The average molecular weight is 436 g/mol. The van der Waals surface area contributed by atoms with Crippen LogP contribution in [0.5, 0.6) is 5.75 Å². The number of hydrogen-bond donors (Lipinski definition) is 3. The lowest BCUT2D eigenvalue weighted by Crippen LogP contribution is -2.14. The molecule has 132 valence electrons. The molecule has 3 N–H and O–H groups in total. The normalized spacial score (nSPS) is 10.4. The van der Waals surface area contributed by atoms with E-state index in [1.165, 1.54) is 30.5 Å². The average Bonchev–Trinajstić information content (AvgIpc) is 3.14. The summed E-state index contributed by atoms with van der Waals surface area (Å²) in [6, 6.07) is 12.5. The highest BCUT2D eigenvalue weighted by molar-refractivity contribution is 9.10. The van der Waals surface area contributed by atoms with Crippen molar-refractivity contribution >= 4 is 50.7 Å². The van der Waals surface area contributed by atoms with Gasteiger partial charge in [0.05, 0.1) is 17.0 Å². The van der Waals surface area contributed by atoms with Gasteiger partial charge in [0.15, 0.2) is 11.5 Å². The summed E-state index contributed by atoms with van der Waals surface area (Å²) in [5, 5.41) is 15.3. The lowest BCUT2D eigenvalue weighted by Gasteiger charge is -2.10. The SMILES string of the molecule is O=C(Nc1cc(Br)cc(Cl)c1O)c1cccc(NC(=O)c2ccco2)c1. The summed E-state index contributed by atoms with van der Waals surface area (Å²) >= 11 is 9.14. The molecule has 0 aliphatic heterocycles. The molecule has 2 aromatic carbocycles. The number of furan rings is 1. The zero-order valence-corrected chi connectivity index (χ0v) is 15.5. The first-order valence-electron chi connectivity index (χ1n) is 7.38. The Bertz CT molecular complexity index is 973. The van der Waals surface area contributed by atoms with Gasteiger partial charge in [0.2, 0.25) is 0 Å². The smallest absolute Gasteiger partial charge is 0.291 e. The predicted molar refractivity (Wildman–Crippen MR) is 102 cm³/mol. The van der Waals surface area contributed by atoms with Gasteiger partial charge >= 0.3 is 0 Å². The van der Waals surface area contributed by atoms with E-state index >= 15 is 0 Å². The quantitative estimate of drug-likeness (QED) is 0.508. The maximum atomic E-state index is 12.4. The molecular weight excluding hydrogens is 424 g/mol. The summed E-state index contributed by atoms with van der Waals surface area (Å²) in [6.45, 7) is 0. The Hall–Kier alpha value is -2.77. The predicted octanol–water partition coefficient (Wildman–Crippen LogP) is 4.91. The van der Waals surface area contributed by atoms with Crippen molar-refractivity contribution in [2.45, 2.75) is 0 Å². The number of carbonyl (C=O) groups excluding carboxylic acids is 2. The summed E-state index contributed by atoms with van der Waals surface area (Å²) in [6.07, 6.45) is 1.40. The minimum absolute atomic E-state index is 0.106. The van der Waals surface area contributed by atoms with E-state index in [-0.39, 0.29) is 27.8 Å². The number of rotatable bonds is 4. The molecule has 0 saturated carbocycles. The van der Waals surface area contributed by atoms with Gasteiger partial charge in [0, 0.05) is 15.7 Å². The molecule has 1 aromatic heterocycles. The summed E-state index contributed by atoms with van der Waals surface area (Å²) in [4.78, 5) is 24.5. The Labute approximate surface area is 161 Å². The zero-order valence-electron chi connectivity index (χ0n) is 13.1. The molecule has 0 fully saturated rings. The van der Waals surface area contributed by atoms with E-state index in [2.05, 4.69) is 26.6 Å². The Morgan fingerprint density at radius 1 is 1.04 bits per heavy atom. The van der Waals surface area contributed by atoms with E-state index in [9.17, 15) is 14.7 Å². The van der Waals surface area contributed by atoms with E-state index in [4.69, 9.17) is 16.0 Å². The van der Waals surface area contributed by atoms with Crippen molar-refractivity contribution in [3.8, 4) is 5.75 Å². The van der Waals surface area contributed by atoms with Crippen LogP contribution in [0.4, 0.5) is 11.4 Å². The highest BCUT2D eigenvalue weighted by Gasteiger charge is 2.14. The van der Waals surface area contributed by atoms with Gasteiger partial charge in [-0.1, -0.05) is 33.6 Å². The van der Waals surface area contributed by atoms with Crippen molar-refractivity contribution in [1.82, 2.24) is 0 Å². The number of phenols is 1. The minimum Gasteiger partial charge on any atom is -0.504 e. The number of hydrogen-bond acceptors (Lipinski definition) is 4. The standard InChI is InChI=1S/C18H12BrClN2O4/c19-11-8-13(20)16(23)14(9-11)22-17(24)10-3-1-4-12(7-10)21-18(25)15-5-2-6-26-15/h1-9,23H,(H,21,25)(H,22,24). The molecule has 0 bridgehead atoms. The number of nitrogens with one attached hydrogen (secondary N) is 2. The Balaban J connectivity index is 1.77. The van der Waals surface area contributed by atoms with E-state index in [0.717, 1.165) is 0 Å². The van der Waals surface area contributed by atoms with Crippen LogP contribution in [0.25, 0.3) is 0 Å². The third-order valence-corrected chi connectivity index (χ3v) is 4.15. The van der Waals surface area contributed by atoms with Gasteiger partial charge in [-0.2, -0.15) is 0 Å². The van der Waals surface area contributed by atoms with Crippen LogP contribution < -0.4 is 10.6 Å². The maximum Gasteiger partial charge on any atom is 0.291 e. The Morgan fingerprint density at radius 2 is 1.85 bits per heavy atom. The highest BCUT2D eigenvalue weighted by Crippen LogP contribution is 2.35. The lowest BCUT2D eigenvalue weighted by atomic mass is 10.1. The Kier molecular flexibility index (Phi) is 5.29. The fourth-order valence-electron chi connectivity index (χ4n) is 2.19. The number of carbonyl (C=O) groups is 2. The molecule has 1 heterocycles. The van der Waals surface area contributed by atoms with E-state index < -0.39 is 11.8 Å². The van der Waals surface area contributed by atoms with Crippen LogP contribution in [-0.2, 0) is 0 Å². The lowest BCUT2D eigenvalue weighted by molar-refractivity contribution is 0.0993. The molecule has 2 amide bonds. The number of amides is 2. The third-order valence-electron chi connectivity index (χ3n) is 3.40. The Morgan fingerprint density at radius 3 is 2.58 bits per heavy atom. The fourth-order valence-corrected chi connectivity index (χ4v) is 3.00. The maximum absolute atomic E-state index is 12.4. The van der Waals surface area contributed by atoms with Crippen LogP contribution in [0.3, 0.4) is 0 Å². The van der Waals surface area contributed by atoms with Crippen molar-refractivity contribution in [3.05, 3.63) is 75.6 Å². The molecule has 6 nitrogen and oxygen atoms in total. The van der Waals surface area contributed by atoms with Crippen molar-refractivity contribution < 1.29 is 19.1 Å². The molecule has 0 aliphatic rings. The first-order chi connectivity index (χ1) is 12.4. The molecule has 0 atom stereocenters. The summed E-state index contributed by atoms with van der Waals surface area (Å²) in [5.74, 6) is -0.966. The molecule has 0 radical (unpaired) electrons. The van der Waals surface area contributed by atoms with Gasteiger partial charge < -0.3 is 20.2 Å². The molecule has 0 saturated heterocycles. The summed E-state index contributed by atoms with van der Waals surface area (Å²) in [7, 11) is 0. The van der Waals surface area contributed by atoms with Gasteiger partial charge in [-0.3, -0.25) is 9.59 Å². The van der Waals surface area contributed by atoms with Crippen LogP contribution in [0.2, 0.25) is 5.02 Å². The zero-order chi connectivity index (χ0) is 18.7. The van der Waals surface area contributed by atoms with Crippen LogP contribution in [0, 0.1) is 0 Å². The van der Waals surface area contributed by atoms with Crippen LogP contribution in [0.1, 0.15) is 20.9 Å². The monoisotopic (exact) mass is 434 g/mol. The number of phenolic OH excluding ortho intramolecular Hbond substituents is 1. The summed E-state index contributed by atoms with van der Waals surface area (Å²) in [5.41, 5.74) is 0.882. The van der Waals surface area contributed by atoms with Crippen molar-refractivity contribution in [1.29, 1.82) is 0 Å². The molecule has 3 rings (SSSR count). The van der Waals surface area contributed by atoms with Gasteiger partial charge in [-0.15, -0.1) is 0 Å². The summed E-state index contributed by atoms with van der Waals surface area (Å²) < 4.78 is 5.63. The largest absolute Gasteiger partial charge is 0.504 e. The molecule has 3 aromatic rings. The molecule has 0 unspecified atom stereocenters.